The highest BCUT2D eigenvalue weighted by atomic mass is 31.2. The molecule has 0 amide bonds. The zero-order valence-electron chi connectivity index (χ0n) is 26.2. The third-order valence-electron chi connectivity index (χ3n) is 5.12. The summed E-state index contributed by atoms with van der Waals surface area (Å²) in [5.41, 5.74) is -0.414. The summed E-state index contributed by atoms with van der Waals surface area (Å²) in [6.45, 7) is 9.00. The Hall–Kier alpha value is -4.27. The summed E-state index contributed by atoms with van der Waals surface area (Å²) in [7, 11) is -0.653. The van der Waals surface area contributed by atoms with Crippen molar-refractivity contribution in [3.05, 3.63) is 67.5 Å². The second kappa shape index (κ2) is 12.3. The van der Waals surface area contributed by atoms with Crippen LogP contribution in [-0.2, 0) is 23.2 Å². The van der Waals surface area contributed by atoms with E-state index in [0.29, 0.717) is 11.0 Å². The molecule has 0 spiro atoms. The van der Waals surface area contributed by atoms with Gasteiger partial charge < -0.3 is 20.1 Å². The first kappa shape index (κ1) is 26.8. The molecule has 1 unspecified atom stereocenters. The van der Waals surface area contributed by atoms with Gasteiger partial charge in [-0.2, -0.15) is 20.2 Å². The standard InChI is InChI=1S/C15H17N4O4P.C7H7N3O2.C2H6.2H2/c1-4-23-24(22)11-8-6-5-7-10(11)16-14(18-24)12-13(20)9(2)17-19(3)15(12)21;1-4-6(11)5(3-8)7(12)10(2)9-4;1-2;;/h5-8,20H,4H2,1-3H3,(H,16,18,22);11H,1-2H3;1-2H3;2*1H/i;;;2*1+1D. The highest BCUT2D eigenvalue weighted by Gasteiger charge is 2.35. The molecule has 3 heterocycles. The average Bonchev–Trinajstić information content (AvgIpc) is 2.99. The Labute approximate surface area is 225 Å². The van der Waals surface area contributed by atoms with Gasteiger partial charge in [-0.15, -0.1) is 0 Å². The largest absolute Gasteiger partial charge is 0.505 e. The minimum atomic E-state index is -3.55. The van der Waals surface area contributed by atoms with Gasteiger partial charge in [-0.05, 0) is 32.9 Å². The van der Waals surface area contributed by atoms with Crippen molar-refractivity contribution < 1.29 is 25.2 Å². The number of rotatable bonds is 3. The summed E-state index contributed by atoms with van der Waals surface area (Å²) in [4.78, 5) is 23.5. The van der Waals surface area contributed by atoms with Crippen molar-refractivity contribution in [1.82, 2.24) is 19.6 Å². The summed E-state index contributed by atoms with van der Waals surface area (Å²) >= 11 is 0. The molecule has 0 bridgehead atoms. The molecule has 3 N–H and O–H groups in total. The number of hydrogen-bond acceptors (Lipinski definition) is 10. The number of aryl methyl sites for hydroxylation is 4. The van der Waals surface area contributed by atoms with Crippen molar-refractivity contribution in [2.75, 3.05) is 11.9 Å². The monoisotopic (exact) mass is 551 g/mol. The number of nitriles is 1. The van der Waals surface area contributed by atoms with Crippen LogP contribution in [0.15, 0.2) is 38.6 Å². The first-order chi connectivity index (χ1) is 19.9. The van der Waals surface area contributed by atoms with E-state index in [9.17, 15) is 24.4 Å². The molecule has 14 heteroatoms. The van der Waals surface area contributed by atoms with Gasteiger partial charge in [0.15, 0.2) is 22.9 Å². The fourth-order valence-electron chi connectivity index (χ4n) is 3.39. The number of nitrogens with one attached hydrogen (secondary N) is 1. The molecule has 13 nitrogen and oxygen atoms in total. The van der Waals surface area contributed by atoms with Crippen LogP contribution in [0.1, 0.15) is 49.2 Å². The van der Waals surface area contributed by atoms with Crippen LogP contribution in [0.4, 0.5) is 5.69 Å². The predicted molar refractivity (Wildman–Crippen MR) is 148 cm³/mol. The van der Waals surface area contributed by atoms with Crippen molar-refractivity contribution in [1.29, 1.82) is 5.26 Å². The van der Waals surface area contributed by atoms with E-state index in [4.69, 9.17) is 15.7 Å². The Bertz CT molecular complexity index is 1610. The number of anilines is 1. The molecule has 2 aromatic heterocycles. The molecule has 206 valence electrons. The van der Waals surface area contributed by atoms with E-state index in [2.05, 4.69) is 20.3 Å². The molecule has 0 aliphatic carbocycles. The zero-order chi connectivity index (χ0) is 32.8. The smallest absolute Gasteiger partial charge is 0.348 e. The van der Waals surface area contributed by atoms with Gasteiger partial charge in [-0.25, -0.2) is 9.36 Å². The summed E-state index contributed by atoms with van der Waals surface area (Å²) in [5, 5.41) is 39.0. The lowest BCUT2D eigenvalue weighted by Gasteiger charge is -2.24. The van der Waals surface area contributed by atoms with E-state index in [0.717, 1.165) is 9.36 Å². The third kappa shape index (κ3) is 5.82. The molecule has 38 heavy (non-hydrogen) atoms. The van der Waals surface area contributed by atoms with Crippen LogP contribution in [0.3, 0.4) is 0 Å². The Kier molecular flexibility index (Phi) is 8.68. The van der Waals surface area contributed by atoms with Crippen molar-refractivity contribution in [3.8, 4) is 17.6 Å². The van der Waals surface area contributed by atoms with Crippen molar-refractivity contribution in [2.24, 2.45) is 18.9 Å². The highest BCUT2D eigenvalue weighted by Crippen LogP contribution is 2.51. The van der Waals surface area contributed by atoms with Gasteiger partial charge >= 0.3 is 7.52 Å². The third-order valence-corrected chi connectivity index (χ3v) is 7.19. The molecule has 1 aliphatic heterocycles. The maximum atomic E-state index is 13.2. The fraction of sp³-hybridized carbons (Fsp3) is 0.333. The van der Waals surface area contributed by atoms with E-state index in [1.165, 1.54) is 21.0 Å². The number of nitrogens with zero attached hydrogens (tertiary/aromatic N) is 6. The molecule has 4 rings (SSSR count). The Morgan fingerprint density at radius 1 is 1.08 bits per heavy atom. The molecule has 0 saturated carbocycles. The van der Waals surface area contributed by atoms with Crippen LogP contribution in [-0.4, -0.2) is 42.2 Å². The van der Waals surface area contributed by atoms with Crippen molar-refractivity contribution >= 4 is 24.3 Å². The molecule has 0 saturated heterocycles. The Morgan fingerprint density at radius 3 is 2.21 bits per heavy atom. The molecular weight excluding hydrogens is 513 g/mol. The van der Waals surface area contributed by atoms with Gasteiger partial charge in [0, 0.05) is 20.0 Å². The van der Waals surface area contributed by atoms with Crippen LogP contribution in [0.5, 0.6) is 11.5 Å². The number of fused-ring (bicyclic) bond motifs is 1. The molecular formula is C24H34N7O6P. The van der Waals surface area contributed by atoms with Gasteiger partial charge in [0.1, 0.15) is 23.0 Å². The SMILES string of the molecule is CC.CCOP1(=O)N=C(c2c(O)c(C)nn(C)c2=O)Nc2ccccc21.Cc1nn(C)c(=O)c(C#N)c1O.[2H][2H].[2H][2H]. The Balaban J connectivity index is 0.000000787. The van der Waals surface area contributed by atoms with E-state index in [-0.39, 0.29) is 46.5 Å². The number of para-hydroxylation sites is 1. The van der Waals surface area contributed by atoms with Gasteiger partial charge in [-0.3, -0.25) is 14.2 Å². The molecule has 0 fully saturated rings. The molecule has 3 aromatic rings. The minimum Gasteiger partial charge on any atom is -0.505 e. The first-order valence-corrected chi connectivity index (χ1v) is 13.2. The first-order valence-electron chi connectivity index (χ1n) is 13.6. The minimum absolute atomic E-state index is 0.00841. The maximum Gasteiger partial charge on any atom is 0.348 e. The highest BCUT2D eigenvalue weighted by molar-refractivity contribution is 7.66. The number of aromatic hydroxyl groups is 2. The zero-order valence-corrected chi connectivity index (χ0v) is 23.1. The summed E-state index contributed by atoms with van der Waals surface area (Å²) in [6.07, 6.45) is 0. The molecule has 1 atom stereocenters. The Morgan fingerprint density at radius 2 is 1.63 bits per heavy atom. The van der Waals surface area contributed by atoms with Crippen LogP contribution in [0, 0.1) is 25.2 Å². The lowest BCUT2D eigenvalue weighted by Crippen LogP contribution is -2.33. The average molecular weight is 552 g/mol. The lowest BCUT2D eigenvalue weighted by molar-refractivity contribution is 0.341. The van der Waals surface area contributed by atoms with Crippen molar-refractivity contribution in [2.45, 2.75) is 34.6 Å². The van der Waals surface area contributed by atoms with Crippen LogP contribution < -0.4 is 21.7 Å². The summed E-state index contributed by atoms with van der Waals surface area (Å²) in [6, 6.07) is 8.50. The summed E-state index contributed by atoms with van der Waals surface area (Å²) in [5.74, 6) is -0.624. The quantitative estimate of drug-likeness (QED) is 0.409. The van der Waals surface area contributed by atoms with Gasteiger partial charge in [0.25, 0.3) is 11.1 Å². The topological polar surface area (TPSA) is 185 Å². The van der Waals surface area contributed by atoms with Gasteiger partial charge in [0.2, 0.25) is 0 Å². The number of hydrogen-bond donors (Lipinski definition) is 3. The van der Waals surface area contributed by atoms with Crippen LogP contribution in [0.25, 0.3) is 0 Å². The van der Waals surface area contributed by atoms with Gasteiger partial charge in [-0.1, -0.05) is 26.0 Å². The van der Waals surface area contributed by atoms with E-state index >= 15 is 0 Å². The van der Waals surface area contributed by atoms with Gasteiger partial charge in [0.05, 0.1) is 17.6 Å². The normalized spacial score (nSPS) is 15.8. The van der Waals surface area contributed by atoms with Crippen molar-refractivity contribution in [3.63, 3.8) is 0 Å². The van der Waals surface area contributed by atoms with E-state index in [1.807, 2.05) is 13.8 Å². The van der Waals surface area contributed by atoms with Crippen LogP contribution in [0.2, 0.25) is 0 Å². The second-order valence-corrected chi connectivity index (χ2v) is 9.60. The molecule has 1 aliphatic rings. The summed E-state index contributed by atoms with van der Waals surface area (Å²) < 4.78 is 44.9. The second-order valence-electron chi connectivity index (χ2n) is 7.62. The number of aromatic nitrogens is 4. The van der Waals surface area contributed by atoms with Crippen LogP contribution >= 0.6 is 7.52 Å². The van der Waals surface area contributed by atoms with E-state index < -0.39 is 18.6 Å². The number of benzene rings is 1. The maximum absolute atomic E-state index is 13.2. The lowest BCUT2D eigenvalue weighted by atomic mass is 10.2. The molecule has 0 radical (unpaired) electrons. The predicted octanol–water partition coefficient (Wildman–Crippen LogP) is 2.71. The number of amidine groups is 1. The fourth-order valence-corrected chi connectivity index (χ4v) is 5.16. The molecule has 1 aromatic carbocycles. The van der Waals surface area contributed by atoms with E-state index in [1.54, 1.807) is 44.2 Å².